The topological polar surface area (TPSA) is 65.1 Å². The number of rotatable bonds is 4. The van der Waals surface area contributed by atoms with Crippen molar-refractivity contribution in [1.82, 2.24) is 24.4 Å². The van der Waals surface area contributed by atoms with Gasteiger partial charge < -0.3 is 0 Å². The lowest BCUT2D eigenvalue weighted by Crippen LogP contribution is -2.07. The van der Waals surface area contributed by atoms with Crippen molar-refractivity contribution in [3.8, 4) is 0 Å². The highest BCUT2D eigenvalue weighted by Gasteiger charge is 2.13. The second kappa shape index (κ2) is 5.77. The zero-order valence-electron chi connectivity index (χ0n) is 13.9. The van der Waals surface area contributed by atoms with Crippen LogP contribution in [0.4, 0.5) is 4.39 Å². The molecule has 0 aliphatic rings. The predicted octanol–water partition coefficient (Wildman–Crippen LogP) is 2.94. The molecule has 0 N–H and O–H groups in total. The molecule has 0 fully saturated rings. The van der Waals surface area contributed by atoms with Crippen LogP contribution in [-0.4, -0.2) is 30.2 Å². The lowest BCUT2D eigenvalue weighted by molar-refractivity contribution is 0.0982. The maximum Gasteiger partial charge on any atom is 0.182 e. The molecule has 4 aromatic rings. The van der Waals surface area contributed by atoms with Crippen LogP contribution in [0.3, 0.4) is 0 Å². The number of carbonyl (C=O) groups is 1. The van der Waals surface area contributed by atoms with Crippen molar-refractivity contribution >= 4 is 22.3 Å². The lowest BCUT2D eigenvalue weighted by Gasteiger charge is -2.05. The largest absolute Gasteiger partial charge is 0.292 e. The molecule has 4 rings (SSSR count). The first-order chi connectivity index (χ1) is 12.1. The van der Waals surface area contributed by atoms with Gasteiger partial charge >= 0.3 is 0 Å². The molecule has 3 heterocycles. The van der Waals surface area contributed by atoms with Gasteiger partial charge in [0.25, 0.3) is 0 Å². The molecule has 126 valence electrons. The molecule has 0 amide bonds. The second-order valence-corrected chi connectivity index (χ2v) is 5.96. The zero-order valence-corrected chi connectivity index (χ0v) is 13.9. The van der Waals surface area contributed by atoms with Gasteiger partial charge in [-0.25, -0.2) is 13.9 Å². The molecule has 0 saturated carbocycles. The summed E-state index contributed by atoms with van der Waals surface area (Å²) < 4.78 is 17.7. The van der Waals surface area contributed by atoms with E-state index in [1.165, 1.54) is 6.07 Å². The molecule has 0 aliphatic carbocycles. The van der Waals surface area contributed by atoms with Gasteiger partial charge in [-0.3, -0.25) is 9.48 Å². The summed E-state index contributed by atoms with van der Waals surface area (Å²) in [7, 11) is 1.78. The number of imidazole rings is 1. The van der Waals surface area contributed by atoms with Crippen LogP contribution >= 0.6 is 0 Å². The number of hydrogen-bond acceptors (Lipinski definition) is 4. The molecular weight excluding hydrogens is 321 g/mol. The molecule has 0 atom stereocenters. The number of nitrogens with zero attached hydrogens (tertiary/aromatic N) is 5. The molecule has 0 spiro atoms. The third-order valence-corrected chi connectivity index (χ3v) is 4.33. The number of fused-ring (bicyclic) bond motifs is 2. The summed E-state index contributed by atoms with van der Waals surface area (Å²) in [5.74, 6) is -0.337. The normalized spacial score (nSPS) is 11.5. The quantitative estimate of drug-likeness (QED) is 0.537. The van der Waals surface area contributed by atoms with Crippen LogP contribution in [0.5, 0.6) is 0 Å². The lowest BCUT2D eigenvalue weighted by atomic mass is 10.1. The van der Waals surface area contributed by atoms with Gasteiger partial charge in [0.1, 0.15) is 11.5 Å². The van der Waals surface area contributed by atoms with Crippen LogP contribution in [0.25, 0.3) is 16.6 Å². The monoisotopic (exact) mass is 337 g/mol. The minimum atomic E-state index is -0.299. The van der Waals surface area contributed by atoms with Crippen LogP contribution in [-0.2, 0) is 13.5 Å². The van der Waals surface area contributed by atoms with Crippen LogP contribution in [0.2, 0.25) is 0 Å². The highest BCUT2D eigenvalue weighted by atomic mass is 19.1. The molecule has 6 nitrogen and oxygen atoms in total. The second-order valence-electron chi connectivity index (χ2n) is 5.96. The van der Waals surface area contributed by atoms with Crippen molar-refractivity contribution in [2.45, 2.75) is 19.8 Å². The van der Waals surface area contributed by atoms with Crippen LogP contribution in [0.15, 0.2) is 36.7 Å². The van der Waals surface area contributed by atoms with Crippen molar-refractivity contribution in [2.24, 2.45) is 7.05 Å². The Morgan fingerprint density at radius 2 is 2.08 bits per heavy atom. The number of aryl methyl sites for hydroxylation is 1. The van der Waals surface area contributed by atoms with Crippen molar-refractivity contribution in [3.05, 3.63) is 59.4 Å². The average molecular weight is 337 g/mol. The summed E-state index contributed by atoms with van der Waals surface area (Å²) in [4.78, 5) is 16.2. The fourth-order valence-electron chi connectivity index (χ4n) is 2.92. The average Bonchev–Trinajstić information content (AvgIpc) is 3.18. The Balaban J connectivity index is 1.77. The molecule has 0 unspecified atom stereocenters. The maximum atomic E-state index is 14.5. The van der Waals surface area contributed by atoms with E-state index in [0.717, 1.165) is 16.6 Å². The smallest absolute Gasteiger partial charge is 0.182 e. The number of hydrogen-bond donors (Lipinski definition) is 0. The van der Waals surface area contributed by atoms with E-state index in [0.29, 0.717) is 29.7 Å². The summed E-state index contributed by atoms with van der Waals surface area (Å²) in [6.45, 7) is 1.79. The molecule has 0 saturated heterocycles. The standard InChI is InChI=1S/C18H16FN5O/c1-3-17(25)15-4-5-18-20-10-13(24(18)22-15)7-11-6-12-9-21-23(2)16(12)8-14(11)19/h4-6,8-10H,3,7H2,1-2H3. The number of Topliss-reactive ketones (excluding diaryl/α,β-unsaturated/α-hetero) is 1. The fraction of sp³-hybridized carbons (Fsp3) is 0.222. The van der Waals surface area contributed by atoms with Crippen molar-refractivity contribution in [3.63, 3.8) is 0 Å². The molecule has 0 aliphatic heterocycles. The number of ketones is 1. The van der Waals surface area contributed by atoms with Gasteiger partial charge in [-0.05, 0) is 23.8 Å². The van der Waals surface area contributed by atoms with Crippen molar-refractivity contribution in [1.29, 1.82) is 0 Å². The van der Waals surface area contributed by atoms with Gasteiger partial charge in [0.2, 0.25) is 0 Å². The van der Waals surface area contributed by atoms with Crippen LogP contribution in [0.1, 0.15) is 35.1 Å². The number of carbonyl (C=O) groups excluding carboxylic acids is 1. The summed E-state index contributed by atoms with van der Waals surface area (Å²) in [5.41, 5.74) is 3.02. The van der Waals surface area contributed by atoms with Crippen LogP contribution < -0.4 is 0 Å². The van der Waals surface area contributed by atoms with E-state index in [4.69, 9.17) is 0 Å². The van der Waals surface area contributed by atoms with E-state index in [2.05, 4.69) is 15.2 Å². The third kappa shape index (κ3) is 2.57. The summed E-state index contributed by atoms with van der Waals surface area (Å²) in [5, 5.41) is 9.39. The zero-order chi connectivity index (χ0) is 17.6. The first-order valence-corrected chi connectivity index (χ1v) is 8.04. The summed E-state index contributed by atoms with van der Waals surface area (Å²) >= 11 is 0. The summed E-state index contributed by atoms with van der Waals surface area (Å²) in [6, 6.07) is 6.69. The molecular formula is C18H16FN5O. The Morgan fingerprint density at radius 3 is 2.88 bits per heavy atom. The first-order valence-electron chi connectivity index (χ1n) is 8.04. The Kier molecular flexibility index (Phi) is 3.56. The first kappa shape index (κ1) is 15.4. The SMILES string of the molecule is CCC(=O)c1ccc2ncc(Cc3cc4cnn(C)c4cc3F)n2n1. The van der Waals surface area contributed by atoms with E-state index < -0.39 is 0 Å². The van der Waals surface area contributed by atoms with E-state index in [1.807, 2.05) is 0 Å². The molecule has 0 bridgehead atoms. The third-order valence-electron chi connectivity index (χ3n) is 4.33. The van der Waals surface area contributed by atoms with E-state index in [-0.39, 0.29) is 11.6 Å². The fourth-order valence-corrected chi connectivity index (χ4v) is 2.92. The predicted molar refractivity (Wildman–Crippen MR) is 91.1 cm³/mol. The molecule has 1 aromatic carbocycles. The highest BCUT2D eigenvalue weighted by Crippen LogP contribution is 2.21. The van der Waals surface area contributed by atoms with E-state index in [1.54, 1.807) is 53.8 Å². The van der Waals surface area contributed by atoms with Gasteiger partial charge in [0, 0.05) is 31.3 Å². The van der Waals surface area contributed by atoms with Gasteiger partial charge in [-0.2, -0.15) is 10.2 Å². The summed E-state index contributed by atoms with van der Waals surface area (Å²) in [6.07, 6.45) is 4.09. The number of halogens is 1. The molecule has 3 aromatic heterocycles. The Morgan fingerprint density at radius 1 is 1.24 bits per heavy atom. The van der Waals surface area contributed by atoms with Crippen molar-refractivity contribution in [2.75, 3.05) is 0 Å². The van der Waals surface area contributed by atoms with Gasteiger partial charge in [-0.1, -0.05) is 6.92 Å². The Labute approximate surface area is 142 Å². The minimum Gasteiger partial charge on any atom is -0.292 e. The number of benzene rings is 1. The van der Waals surface area contributed by atoms with Crippen molar-refractivity contribution < 1.29 is 9.18 Å². The van der Waals surface area contributed by atoms with Gasteiger partial charge in [-0.15, -0.1) is 0 Å². The molecule has 7 heteroatoms. The van der Waals surface area contributed by atoms with Crippen LogP contribution in [0, 0.1) is 5.82 Å². The maximum absolute atomic E-state index is 14.5. The molecule has 0 radical (unpaired) electrons. The Hall–Kier alpha value is -3.09. The van der Waals surface area contributed by atoms with Gasteiger partial charge in [0.05, 0.1) is 23.6 Å². The van der Waals surface area contributed by atoms with E-state index in [9.17, 15) is 9.18 Å². The highest BCUT2D eigenvalue weighted by molar-refractivity contribution is 5.94. The van der Waals surface area contributed by atoms with Gasteiger partial charge in [0.15, 0.2) is 11.4 Å². The van der Waals surface area contributed by atoms with E-state index >= 15 is 0 Å². The molecule has 25 heavy (non-hydrogen) atoms. The minimum absolute atomic E-state index is 0.0375. The Bertz CT molecular complexity index is 1110. The number of aromatic nitrogens is 5.